The Kier molecular flexibility index (Phi) is 7.37. The number of halogens is 2. The van der Waals surface area contributed by atoms with Crippen molar-refractivity contribution in [3.8, 4) is 0 Å². The molecule has 0 aromatic rings. The molecule has 1 aliphatic carbocycles. The first-order valence-corrected chi connectivity index (χ1v) is 7.26. The molecule has 1 rings (SSSR count). The van der Waals surface area contributed by atoms with Gasteiger partial charge in [0.05, 0.1) is 7.11 Å². The first kappa shape index (κ1) is 17.3. The molecule has 0 spiro atoms. The number of esters is 1. The Bertz CT molecular complexity index is 302. The molecule has 1 fully saturated rings. The van der Waals surface area contributed by atoms with Gasteiger partial charge in [-0.3, -0.25) is 4.79 Å². The van der Waals surface area contributed by atoms with E-state index in [-0.39, 0.29) is 18.5 Å². The van der Waals surface area contributed by atoms with Gasteiger partial charge < -0.3 is 14.8 Å². The second-order valence-electron chi connectivity index (χ2n) is 5.23. The van der Waals surface area contributed by atoms with Gasteiger partial charge in [-0.15, -0.1) is 0 Å². The van der Waals surface area contributed by atoms with Crippen LogP contribution in [0.3, 0.4) is 0 Å². The Balaban J connectivity index is 2.58. The third-order valence-corrected chi connectivity index (χ3v) is 3.92. The highest BCUT2D eigenvalue weighted by Gasteiger charge is 2.49. The molecule has 0 saturated heterocycles. The molecule has 20 heavy (non-hydrogen) atoms. The highest BCUT2D eigenvalue weighted by atomic mass is 19.3. The minimum Gasteiger partial charge on any atom is -0.468 e. The summed E-state index contributed by atoms with van der Waals surface area (Å²) >= 11 is 0. The van der Waals surface area contributed by atoms with E-state index in [0.717, 1.165) is 32.2 Å². The number of carbonyl (C=O) groups is 1. The predicted molar refractivity (Wildman–Crippen MR) is 71.8 cm³/mol. The van der Waals surface area contributed by atoms with Crippen LogP contribution in [0.2, 0.25) is 0 Å². The van der Waals surface area contributed by atoms with Crippen LogP contribution >= 0.6 is 0 Å². The average Bonchev–Trinajstić information content (AvgIpc) is 2.84. The molecule has 0 aromatic carbocycles. The molecule has 0 aliphatic heterocycles. The Hall–Kier alpha value is -0.750. The van der Waals surface area contributed by atoms with Crippen molar-refractivity contribution in [2.45, 2.75) is 51.0 Å². The largest absolute Gasteiger partial charge is 0.468 e. The summed E-state index contributed by atoms with van der Waals surface area (Å²) < 4.78 is 33.9. The van der Waals surface area contributed by atoms with E-state index in [1.807, 2.05) is 6.92 Å². The molecule has 118 valence electrons. The highest BCUT2D eigenvalue weighted by Crippen LogP contribution is 2.39. The molecule has 1 aliphatic rings. The molecule has 0 radical (unpaired) electrons. The van der Waals surface area contributed by atoms with Crippen molar-refractivity contribution in [1.82, 2.24) is 5.32 Å². The van der Waals surface area contributed by atoms with Gasteiger partial charge >= 0.3 is 5.97 Å². The van der Waals surface area contributed by atoms with Crippen LogP contribution in [0.4, 0.5) is 8.78 Å². The first-order chi connectivity index (χ1) is 9.56. The van der Waals surface area contributed by atoms with Gasteiger partial charge in [-0.2, -0.15) is 0 Å². The summed E-state index contributed by atoms with van der Waals surface area (Å²) in [4.78, 5) is 12.1. The predicted octanol–water partition coefficient (Wildman–Crippen LogP) is 2.37. The lowest BCUT2D eigenvalue weighted by atomic mass is 9.84. The molecule has 0 bridgehead atoms. The van der Waals surface area contributed by atoms with Gasteiger partial charge in [-0.05, 0) is 38.1 Å². The molecule has 0 heterocycles. The topological polar surface area (TPSA) is 47.6 Å². The van der Waals surface area contributed by atoms with Gasteiger partial charge in [-0.25, -0.2) is 8.78 Å². The SMILES string of the molecule is CCCNC1(C(=O)OC)CCCC1CCOCC(F)F. The zero-order valence-electron chi connectivity index (χ0n) is 12.3. The van der Waals surface area contributed by atoms with Gasteiger partial charge in [0.15, 0.2) is 0 Å². The summed E-state index contributed by atoms with van der Waals surface area (Å²) in [6, 6.07) is 0. The molecule has 0 amide bonds. The van der Waals surface area contributed by atoms with Crippen molar-refractivity contribution in [2.24, 2.45) is 5.92 Å². The Morgan fingerprint density at radius 3 is 2.85 bits per heavy atom. The van der Waals surface area contributed by atoms with E-state index in [2.05, 4.69) is 5.32 Å². The highest BCUT2D eigenvalue weighted by molar-refractivity contribution is 5.81. The van der Waals surface area contributed by atoms with E-state index in [1.165, 1.54) is 7.11 Å². The number of methoxy groups -OCH3 is 1. The Labute approximate surface area is 119 Å². The monoisotopic (exact) mass is 293 g/mol. The van der Waals surface area contributed by atoms with Gasteiger partial charge in [0, 0.05) is 6.61 Å². The van der Waals surface area contributed by atoms with Crippen molar-refractivity contribution in [1.29, 1.82) is 0 Å². The molecule has 2 unspecified atom stereocenters. The third kappa shape index (κ3) is 4.38. The lowest BCUT2D eigenvalue weighted by Crippen LogP contribution is -2.55. The van der Waals surface area contributed by atoms with Crippen LogP contribution in [-0.2, 0) is 14.3 Å². The van der Waals surface area contributed by atoms with Crippen molar-refractivity contribution < 1.29 is 23.0 Å². The van der Waals surface area contributed by atoms with Crippen LogP contribution in [0, 0.1) is 5.92 Å². The maximum absolute atomic E-state index is 12.1. The minimum absolute atomic E-state index is 0.0826. The summed E-state index contributed by atoms with van der Waals surface area (Å²) in [5.74, 6) is -0.165. The smallest absolute Gasteiger partial charge is 0.326 e. The van der Waals surface area contributed by atoms with Crippen LogP contribution in [0.5, 0.6) is 0 Å². The maximum Gasteiger partial charge on any atom is 0.326 e. The molecule has 1 N–H and O–H groups in total. The molecular weight excluding hydrogens is 268 g/mol. The van der Waals surface area contributed by atoms with E-state index in [1.54, 1.807) is 0 Å². The van der Waals surface area contributed by atoms with Crippen LogP contribution in [0.15, 0.2) is 0 Å². The van der Waals surface area contributed by atoms with Gasteiger partial charge in [-0.1, -0.05) is 13.3 Å². The van der Waals surface area contributed by atoms with Crippen LogP contribution in [0.1, 0.15) is 39.0 Å². The fraction of sp³-hybridized carbons (Fsp3) is 0.929. The summed E-state index contributed by atoms with van der Waals surface area (Å²) in [6.45, 7) is 2.49. The number of rotatable bonds is 9. The number of hydrogen-bond acceptors (Lipinski definition) is 4. The summed E-state index contributed by atoms with van der Waals surface area (Å²) in [6.07, 6.45) is 1.64. The van der Waals surface area contributed by atoms with Crippen molar-refractivity contribution >= 4 is 5.97 Å². The fourth-order valence-corrected chi connectivity index (χ4v) is 2.97. The number of hydrogen-bond donors (Lipinski definition) is 1. The molecule has 6 heteroatoms. The van der Waals surface area contributed by atoms with Crippen molar-refractivity contribution in [3.05, 3.63) is 0 Å². The van der Waals surface area contributed by atoms with Crippen LogP contribution < -0.4 is 5.32 Å². The zero-order chi connectivity index (χ0) is 15.0. The average molecular weight is 293 g/mol. The third-order valence-electron chi connectivity index (χ3n) is 3.92. The maximum atomic E-state index is 12.1. The zero-order valence-corrected chi connectivity index (χ0v) is 12.3. The van der Waals surface area contributed by atoms with E-state index >= 15 is 0 Å². The fourth-order valence-electron chi connectivity index (χ4n) is 2.97. The molecule has 1 saturated carbocycles. The summed E-state index contributed by atoms with van der Waals surface area (Å²) in [5, 5.41) is 3.32. The van der Waals surface area contributed by atoms with E-state index in [9.17, 15) is 13.6 Å². The standard InChI is InChI=1S/C14H25F2NO3/c1-3-8-17-14(13(18)19-2)7-4-5-11(14)6-9-20-10-12(15)16/h11-12,17H,3-10H2,1-2H3. The number of ether oxygens (including phenoxy) is 2. The normalized spacial score (nSPS) is 26.1. The second kappa shape index (κ2) is 8.52. The van der Waals surface area contributed by atoms with Gasteiger partial charge in [0.25, 0.3) is 6.43 Å². The van der Waals surface area contributed by atoms with E-state index in [0.29, 0.717) is 6.42 Å². The molecule has 4 nitrogen and oxygen atoms in total. The van der Waals surface area contributed by atoms with Crippen molar-refractivity contribution in [2.75, 3.05) is 26.9 Å². The second-order valence-corrected chi connectivity index (χ2v) is 5.23. The van der Waals surface area contributed by atoms with Crippen LogP contribution in [-0.4, -0.2) is 44.8 Å². The Morgan fingerprint density at radius 1 is 1.50 bits per heavy atom. The first-order valence-electron chi connectivity index (χ1n) is 7.26. The quantitative estimate of drug-likeness (QED) is 0.524. The Morgan fingerprint density at radius 2 is 2.25 bits per heavy atom. The lowest BCUT2D eigenvalue weighted by Gasteiger charge is -2.34. The van der Waals surface area contributed by atoms with E-state index < -0.39 is 18.6 Å². The summed E-state index contributed by atoms with van der Waals surface area (Å²) in [7, 11) is 1.39. The van der Waals surface area contributed by atoms with Gasteiger partial charge in [0.2, 0.25) is 0 Å². The lowest BCUT2D eigenvalue weighted by molar-refractivity contribution is -0.150. The summed E-state index contributed by atoms with van der Waals surface area (Å²) in [5.41, 5.74) is -0.668. The molecule has 2 atom stereocenters. The molecule has 0 aromatic heterocycles. The van der Waals surface area contributed by atoms with E-state index in [4.69, 9.17) is 9.47 Å². The number of carbonyl (C=O) groups excluding carboxylic acids is 1. The van der Waals surface area contributed by atoms with Gasteiger partial charge in [0.1, 0.15) is 12.1 Å². The van der Waals surface area contributed by atoms with Crippen LogP contribution in [0.25, 0.3) is 0 Å². The number of nitrogens with one attached hydrogen (secondary N) is 1. The minimum atomic E-state index is -2.44. The molecular formula is C14H25F2NO3. The number of alkyl halides is 2. The van der Waals surface area contributed by atoms with Crippen molar-refractivity contribution in [3.63, 3.8) is 0 Å².